The minimum atomic E-state index is -0.595. The van der Waals surface area contributed by atoms with Crippen LogP contribution in [0.25, 0.3) is 0 Å². The second-order valence-corrected chi connectivity index (χ2v) is 6.08. The molecule has 0 heterocycles. The van der Waals surface area contributed by atoms with Crippen molar-refractivity contribution >= 4 is 34.9 Å². The van der Waals surface area contributed by atoms with Gasteiger partial charge in [-0.2, -0.15) is 5.26 Å². The molecule has 2 aromatic rings. The van der Waals surface area contributed by atoms with Crippen molar-refractivity contribution in [2.75, 3.05) is 29.9 Å². The van der Waals surface area contributed by atoms with E-state index in [0.29, 0.717) is 10.6 Å². The highest BCUT2D eigenvalue weighted by atomic mass is 35.5. The molecule has 1 amide bonds. The second-order valence-electron chi connectivity index (χ2n) is 5.65. The Kier molecular flexibility index (Phi) is 7.21. The van der Waals surface area contributed by atoms with E-state index in [2.05, 4.69) is 24.1 Å². The Labute approximate surface area is 163 Å². The van der Waals surface area contributed by atoms with Gasteiger partial charge < -0.3 is 15.0 Å². The monoisotopic (exact) mass is 385 g/mol. The van der Waals surface area contributed by atoms with Crippen LogP contribution in [0.5, 0.6) is 0 Å². The van der Waals surface area contributed by atoms with Crippen molar-refractivity contribution < 1.29 is 14.3 Å². The number of hydrogen-bond donors (Lipinski definition) is 1. The summed E-state index contributed by atoms with van der Waals surface area (Å²) in [5.74, 6) is -1.15. The third kappa shape index (κ3) is 5.47. The predicted octanol–water partition coefficient (Wildman–Crippen LogP) is 3.85. The topological polar surface area (TPSA) is 82.4 Å². The van der Waals surface area contributed by atoms with Gasteiger partial charge in [0, 0.05) is 23.8 Å². The van der Waals surface area contributed by atoms with Gasteiger partial charge >= 0.3 is 5.97 Å². The van der Waals surface area contributed by atoms with Gasteiger partial charge in [-0.3, -0.25) is 4.79 Å². The van der Waals surface area contributed by atoms with Crippen LogP contribution in [0.4, 0.5) is 11.4 Å². The number of anilines is 2. The Hall–Kier alpha value is -3.04. The van der Waals surface area contributed by atoms with Crippen LogP contribution < -0.4 is 10.2 Å². The van der Waals surface area contributed by atoms with E-state index in [1.54, 1.807) is 18.2 Å². The van der Waals surface area contributed by atoms with Crippen LogP contribution in [-0.2, 0) is 9.53 Å². The summed E-state index contributed by atoms with van der Waals surface area (Å²) in [7, 11) is 0. The smallest absolute Gasteiger partial charge is 0.338 e. The number of benzene rings is 2. The van der Waals surface area contributed by atoms with Gasteiger partial charge in [-0.15, -0.1) is 0 Å². The van der Waals surface area contributed by atoms with Gasteiger partial charge in [0.2, 0.25) is 0 Å². The molecule has 2 rings (SSSR count). The highest BCUT2D eigenvalue weighted by Gasteiger charge is 2.13. The molecule has 0 saturated heterocycles. The fourth-order valence-electron chi connectivity index (χ4n) is 2.52. The van der Waals surface area contributed by atoms with Gasteiger partial charge in [-0.05, 0) is 56.3 Å². The van der Waals surface area contributed by atoms with Crippen molar-refractivity contribution in [3.8, 4) is 6.07 Å². The van der Waals surface area contributed by atoms with Crippen molar-refractivity contribution in [3.05, 3.63) is 58.6 Å². The average molecular weight is 386 g/mol. The third-order valence-corrected chi connectivity index (χ3v) is 4.18. The van der Waals surface area contributed by atoms with Gasteiger partial charge in [0.1, 0.15) is 6.07 Å². The predicted molar refractivity (Wildman–Crippen MR) is 105 cm³/mol. The first-order chi connectivity index (χ1) is 13.0. The molecule has 140 valence electrons. The Morgan fingerprint density at radius 3 is 2.41 bits per heavy atom. The fraction of sp³-hybridized carbons (Fsp3) is 0.250. The lowest BCUT2D eigenvalue weighted by atomic mass is 10.2. The first kappa shape index (κ1) is 20.3. The van der Waals surface area contributed by atoms with Gasteiger partial charge in [-0.25, -0.2) is 4.79 Å². The SMILES string of the molecule is CCN(CC)c1ccc(C(=O)OCC(=O)Nc2cc(Cl)ccc2C#N)cc1. The molecular weight excluding hydrogens is 366 g/mol. The lowest BCUT2D eigenvalue weighted by Gasteiger charge is -2.20. The molecule has 0 fully saturated rings. The largest absolute Gasteiger partial charge is 0.452 e. The van der Waals surface area contributed by atoms with Gasteiger partial charge in [0.25, 0.3) is 5.91 Å². The normalized spacial score (nSPS) is 10.0. The molecule has 0 aliphatic carbocycles. The summed E-state index contributed by atoms with van der Waals surface area (Å²) in [5.41, 5.74) is 1.92. The second kappa shape index (κ2) is 9.60. The first-order valence-corrected chi connectivity index (χ1v) is 8.87. The summed E-state index contributed by atoms with van der Waals surface area (Å²) in [6.07, 6.45) is 0. The van der Waals surface area contributed by atoms with Crippen LogP contribution in [0.15, 0.2) is 42.5 Å². The van der Waals surface area contributed by atoms with Gasteiger partial charge in [-0.1, -0.05) is 11.6 Å². The van der Waals surface area contributed by atoms with Crippen molar-refractivity contribution in [3.63, 3.8) is 0 Å². The highest BCUT2D eigenvalue weighted by Crippen LogP contribution is 2.20. The Balaban J connectivity index is 1.94. The minimum absolute atomic E-state index is 0.270. The lowest BCUT2D eigenvalue weighted by molar-refractivity contribution is -0.119. The highest BCUT2D eigenvalue weighted by molar-refractivity contribution is 6.31. The van der Waals surface area contributed by atoms with E-state index in [1.807, 2.05) is 18.2 Å². The van der Waals surface area contributed by atoms with Crippen molar-refractivity contribution in [2.45, 2.75) is 13.8 Å². The molecule has 2 aromatic carbocycles. The van der Waals surface area contributed by atoms with E-state index in [0.717, 1.165) is 18.8 Å². The number of esters is 1. The number of nitrogens with zero attached hydrogens (tertiary/aromatic N) is 2. The maximum atomic E-state index is 12.1. The Morgan fingerprint density at radius 2 is 1.81 bits per heavy atom. The van der Waals surface area contributed by atoms with Crippen LogP contribution in [-0.4, -0.2) is 31.6 Å². The van der Waals surface area contributed by atoms with Crippen molar-refractivity contribution in [2.24, 2.45) is 0 Å². The zero-order chi connectivity index (χ0) is 19.8. The number of ether oxygens (including phenoxy) is 1. The quantitative estimate of drug-likeness (QED) is 0.732. The molecule has 6 nitrogen and oxygen atoms in total. The lowest BCUT2D eigenvalue weighted by Crippen LogP contribution is -2.22. The molecule has 0 saturated carbocycles. The molecule has 7 heteroatoms. The fourth-order valence-corrected chi connectivity index (χ4v) is 2.69. The molecule has 0 aliphatic heterocycles. The summed E-state index contributed by atoms with van der Waals surface area (Å²) in [6.45, 7) is 5.39. The van der Waals surface area contributed by atoms with E-state index < -0.39 is 18.5 Å². The molecule has 0 atom stereocenters. The third-order valence-electron chi connectivity index (χ3n) is 3.94. The van der Waals surface area contributed by atoms with E-state index in [1.165, 1.54) is 12.1 Å². The zero-order valence-corrected chi connectivity index (χ0v) is 15.9. The summed E-state index contributed by atoms with van der Waals surface area (Å²) in [6, 6.07) is 13.5. The molecule has 0 aromatic heterocycles. The van der Waals surface area contributed by atoms with Gasteiger partial charge in [0.05, 0.1) is 16.8 Å². The number of hydrogen-bond acceptors (Lipinski definition) is 5. The average Bonchev–Trinajstić information content (AvgIpc) is 2.68. The summed E-state index contributed by atoms with van der Waals surface area (Å²) < 4.78 is 5.04. The molecule has 0 aliphatic rings. The zero-order valence-electron chi connectivity index (χ0n) is 15.2. The van der Waals surface area contributed by atoms with Crippen LogP contribution in [0.3, 0.4) is 0 Å². The summed E-state index contributed by atoms with van der Waals surface area (Å²) in [4.78, 5) is 26.3. The molecule has 0 spiro atoms. The number of halogens is 1. The molecule has 0 radical (unpaired) electrons. The summed E-state index contributed by atoms with van der Waals surface area (Å²) >= 11 is 5.87. The molecule has 27 heavy (non-hydrogen) atoms. The number of carbonyl (C=O) groups excluding carboxylic acids is 2. The van der Waals surface area contributed by atoms with E-state index >= 15 is 0 Å². The van der Waals surface area contributed by atoms with E-state index in [9.17, 15) is 9.59 Å². The maximum Gasteiger partial charge on any atom is 0.338 e. The van der Waals surface area contributed by atoms with Crippen molar-refractivity contribution in [1.29, 1.82) is 5.26 Å². The number of nitriles is 1. The molecule has 0 unspecified atom stereocenters. The minimum Gasteiger partial charge on any atom is -0.452 e. The standard InChI is InChI=1S/C20H20ClN3O3/c1-3-24(4-2)17-9-6-14(7-10-17)20(26)27-13-19(25)23-18-11-16(21)8-5-15(18)12-22/h5-11H,3-4,13H2,1-2H3,(H,23,25). The molecule has 0 bridgehead atoms. The van der Waals surface area contributed by atoms with Crippen molar-refractivity contribution in [1.82, 2.24) is 0 Å². The van der Waals surface area contributed by atoms with Crippen LogP contribution in [0, 0.1) is 11.3 Å². The first-order valence-electron chi connectivity index (χ1n) is 8.50. The Bertz CT molecular complexity index is 856. The van der Waals surface area contributed by atoms with Crippen LogP contribution in [0.1, 0.15) is 29.8 Å². The van der Waals surface area contributed by atoms with E-state index in [-0.39, 0.29) is 11.3 Å². The van der Waals surface area contributed by atoms with Crippen LogP contribution in [0.2, 0.25) is 5.02 Å². The van der Waals surface area contributed by atoms with Crippen LogP contribution >= 0.6 is 11.6 Å². The molecular formula is C20H20ClN3O3. The molecule has 1 N–H and O–H groups in total. The summed E-state index contributed by atoms with van der Waals surface area (Å²) in [5, 5.41) is 12.0. The van der Waals surface area contributed by atoms with E-state index in [4.69, 9.17) is 21.6 Å². The number of rotatable bonds is 7. The number of amides is 1. The van der Waals surface area contributed by atoms with Gasteiger partial charge in [0.15, 0.2) is 6.61 Å². The number of nitrogens with one attached hydrogen (secondary N) is 1. The number of carbonyl (C=O) groups is 2. The maximum absolute atomic E-state index is 12.1. The Morgan fingerprint density at radius 1 is 1.15 bits per heavy atom.